The fraction of sp³-hybridized carbons (Fsp3) is 0.136. The summed E-state index contributed by atoms with van der Waals surface area (Å²) >= 11 is 0. The second-order valence-corrected chi connectivity index (χ2v) is 6.80. The minimum absolute atomic E-state index is 0.0279. The van der Waals surface area contributed by atoms with Crippen molar-refractivity contribution in [2.75, 3.05) is 0 Å². The Balaban J connectivity index is 1.81. The summed E-state index contributed by atoms with van der Waals surface area (Å²) in [6, 6.07) is 18.4. The van der Waals surface area contributed by atoms with Crippen molar-refractivity contribution in [2.45, 2.75) is 18.4 Å². The van der Waals surface area contributed by atoms with Crippen molar-refractivity contribution in [3.63, 3.8) is 0 Å². The van der Waals surface area contributed by atoms with E-state index in [0.717, 1.165) is 4.90 Å². The fourth-order valence-corrected chi connectivity index (χ4v) is 3.23. The lowest BCUT2D eigenvalue weighted by Crippen LogP contribution is -2.63. The van der Waals surface area contributed by atoms with Crippen molar-refractivity contribution < 1.29 is 27.2 Å². The smallest absolute Gasteiger partial charge is 0.442 e. The lowest BCUT2D eigenvalue weighted by Gasteiger charge is -2.29. The van der Waals surface area contributed by atoms with E-state index in [9.17, 15) is 22.8 Å². The maximum atomic E-state index is 14.3. The minimum Gasteiger partial charge on any atom is -0.467 e. The van der Waals surface area contributed by atoms with Crippen LogP contribution in [0.5, 0.6) is 0 Å². The highest BCUT2D eigenvalue weighted by molar-refractivity contribution is 6.16. The van der Waals surface area contributed by atoms with Crippen LogP contribution >= 0.6 is 0 Å². The zero-order valence-electron chi connectivity index (χ0n) is 16.0. The van der Waals surface area contributed by atoms with Crippen LogP contribution in [0.3, 0.4) is 0 Å². The molecule has 1 aromatic heterocycles. The number of amides is 2. The summed E-state index contributed by atoms with van der Waals surface area (Å²) < 4.78 is 48.1. The molecule has 31 heavy (non-hydrogen) atoms. The second-order valence-electron chi connectivity index (χ2n) is 6.80. The molecule has 1 atom stereocenters. The first-order valence-electron chi connectivity index (χ1n) is 9.26. The maximum absolute atomic E-state index is 14.3. The first-order valence-corrected chi connectivity index (χ1v) is 9.26. The SMILES string of the molecule is O=C(N[C@@]1(C(F)(F)F)N=C(c2ccccc2)N(Cc2ccco2)C1=O)c1ccccc1. The van der Waals surface area contributed by atoms with Crippen molar-refractivity contribution in [1.29, 1.82) is 0 Å². The van der Waals surface area contributed by atoms with Gasteiger partial charge in [0.1, 0.15) is 11.6 Å². The van der Waals surface area contributed by atoms with E-state index in [4.69, 9.17) is 4.42 Å². The van der Waals surface area contributed by atoms with Gasteiger partial charge in [-0.3, -0.25) is 14.5 Å². The number of hydrogen-bond donors (Lipinski definition) is 1. The third kappa shape index (κ3) is 3.70. The van der Waals surface area contributed by atoms with Gasteiger partial charge in [-0.2, -0.15) is 13.2 Å². The molecule has 0 fully saturated rings. The van der Waals surface area contributed by atoms with Crippen LogP contribution in [0.25, 0.3) is 0 Å². The van der Waals surface area contributed by atoms with Crippen LogP contribution in [0.2, 0.25) is 0 Å². The molecule has 2 heterocycles. The molecule has 3 aromatic rings. The van der Waals surface area contributed by atoms with Gasteiger partial charge in [0.05, 0.1) is 12.8 Å². The van der Waals surface area contributed by atoms with Gasteiger partial charge in [-0.1, -0.05) is 48.5 Å². The largest absolute Gasteiger partial charge is 0.467 e. The Morgan fingerprint density at radius 3 is 2.23 bits per heavy atom. The van der Waals surface area contributed by atoms with Gasteiger partial charge in [0.25, 0.3) is 11.8 Å². The summed E-state index contributed by atoms with van der Waals surface area (Å²) in [4.78, 5) is 30.4. The number of benzene rings is 2. The van der Waals surface area contributed by atoms with E-state index in [-0.39, 0.29) is 23.7 Å². The number of rotatable bonds is 5. The number of furan rings is 1. The van der Waals surface area contributed by atoms with E-state index in [1.165, 1.54) is 48.7 Å². The predicted octanol–water partition coefficient (Wildman–Crippen LogP) is 3.76. The van der Waals surface area contributed by atoms with E-state index < -0.39 is 23.7 Å². The summed E-state index contributed by atoms with van der Waals surface area (Å²) in [6.07, 6.45) is -3.84. The molecule has 9 heteroatoms. The summed E-state index contributed by atoms with van der Waals surface area (Å²) in [6.45, 7) is -0.279. The zero-order chi connectivity index (χ0) is 22.1. The van der Waals surface area contributed by atoms with Gasteiger partial charge in [0.15, 0.2) is 0 Å². The second kappa shape index (κ2) is 7.75. The minimum atomic E-state index is -5.19. The number of amidine groups is 1. The van der Waals surface area contributed by atoms with Gasteiger partial charge in [-0.05, 0) is 24.3 Å². The van der Waals surface area contributed by atoms with E-state index >= 15 is 0 Å². The topological polar surface area (TPSA) is 74.9 Å². The lowest BCUT2D eigenvalue weighted by molar-refractivity contribution is -0.196. The Kier molecular flexibility index (Phi) is 5.10. The van der Waals surface area contributed by atoms with Gasteiger partial charge in [0.2, 0.25) is 0 Å². The highest BCUT2D eigenvalue weighted by Gasteiger charge is 2.67. The molecule has 0 bridgehead atoms. The van der Waals surface area contributed by atoms with Crippen LogP contribution in [-0.4, -0.2) is 34.4 Å². The Morgan fingerprint density at radius 2 is 1.65 bits per heavy atom. The first kappa shape index (κ1) is 20.4. The first-order chi connectivity index (χ1) is 14.8. The Labute approximate surface area is 175 Å². The number of halogens is 3. The molecular formula is C22H16F3N3O3. The molecule has 0 unspecified atom stereocenters. The summed E-state index contributed by atoms with van der Waals surface area (Å²) in [5.74, 6) is -2.43. The van der Waals surface area contributed by atoms with Crippen molar-refractivity contribution >= 4 is 17.6 Å². The molecule has 2 aromatic carbocycles. The molecule has 0 saturated carbocycles. The van der Waals surface area contributed by atoms with E-state index in [1.807, 2.05) is 5.32 Å². The Bertz CT molecular complexity index is 1110. The Morgan fingerprint density at radius 1 is 1.00 bits per heavy atom. The molecule has 0 aliphatic carbocycles. The average Bonchev–Trinajstić information content (AvgIpc) is 3.37. The molecule has 0 radical (unpaired) electrons. The number of aliphatic imine (C=N–C) groups is 1. The Hall–Kier alpha value is -3.88. The quantitative estimate of drug-likeness (QED) is 0.674. The van der Waals surface area contributed by atoms with E-state index in [2.05, 4.69) is 4.99 Å². The maximum Gasteiger partial charge on any atom is 0.442 e. The highest BCUT2D eigenvalue weighted by atomic mass is 19.4. The standard InChI is InChI=1S/C22H16F3N3O3/c23-22(24,25)21(27-19(29)16-10-5-2-6-11-16)20(30)28(14-17-12-7-13-31-17)18(26-21)15-8-3-1-4-9-15/h1-13H,14H2,(H,27,29)/t21-/m0/s1. The van der Waals surface area contributed by atoms with Gasteiger partial charge in [0, 0.05) is 11.1 Å². The number of nitrogens with one attached hydrogen (secondary N) is 1. The number of hydrogen-bond acceptors (Lipinski definition) is 4. The van der Waals surface area contributed by atoms with Gasteiger partial charge < -0.3 is 9.73 Å². The number of alkyl halides is 3. The van der Waals surface area contributed by atoms with E-state index in [0.29, 0.717) is 5.56 Å². The highest BCUT2D eigenvalue weighted by Crippen LogP contribution is 2.39. The summed E-state index contributed by atoms with van der Waals surface area (Å²) in [5, 5.41) is 1.83. The molecule has 158 valence electrons. The third-order valence-electron chi connectivity index (χ3n) is 4.75. The zero-order valence-corrected chi connectivity index (χ0v) is 16.0. The van der Waals surface area contributed by atoms with Crippen LogP contribution in [0.4, 0.5) is 13.2 Å². The van der Waals surface area contributed by atoms with Crippen LogP contribution in [0, 0.1) is 0 Å². The van der Waals surface area contributed by atoms with Gasteiger partial charge in [-0.25, -0.2) is 4.99 Å². The van der Waals surface area contributed by atoms with Gasteiger partial charge >= 0.3 is 11.8 Å². The monoisotopic (exact) mass is 427 g/mol. The molecule has 0 spiro atoms. The normalized spacial score (nSPS) is 18.7. The number of carbonyl (C=O) groups is 2. The van der Waals surface area contributed by atoms with Crippen molar-refractivity contribution in [3.8, 4) is 0 Å². The average molecular weight is 427 g/mol. The predicted molar refractivity (Wildman–Crippen MR) is 105 cm³/mol. The van der Waals surface area contributed by atoms with Crippen LogP contribution < -0.4 is 5.32 Å². The molecule has 1 N–H and O–H groups in total. The number of carbonyl (C=O) groups excluding carboxylic acids is 2. The van der Waals surface area contributed by atoms with Crippen molar-refractivity contribution in [2.24, 2.45) is 4.99 Å². The van der Waals surface area contributed by atoms with Gasteiger partial charge in [-0.15, -0.1) is 0 Å². The summed E-state index contributed by atoms with van der Waals surface area (Å²) in [5.41, 5.74) is -3.19. The van der Waals surface area contributed by atoms with Crippen LogP contribution in [0.1, 0.15) is 21.7 Å². The number of nitrogens with zero attached hydrogens (tertiary/aromatic N) is 2. The molecule has 1 aliphatic heterocycles. The molecule has 6 nitrogen and oxygen atoms in total. The van der Waals surface area contributed by atoms with Crippen molar-refractivity contribution in [3.05, 3.63) is 95.9 Å². The molecular weight excluding hydrogens is 411 g/mol. The van der Waals surface area contributed by atoms with Crippen molar-refractivity contribution in [1.82, 2.24) is 10.2 Å². The van der Waals surface area contributed by atoms with E-state index in [1.54, 1.807) is 30.3 Å². The molecule has 1 aliphatic rings. The van der Waals surface area contributed by atoms with Crippen LogP contribution in [0.15, 0.2) is 88.5 Å². The lowest BCUT2D eigenvalue weighted by atomic mass is 10.1. The third-order valence-corrected chi connectivity index (χ3v) is 4.75. The molecule has 2 amide bonds. The van der Waals surface area contributed by atoms with Crippen LogP contribution in [-0.2, 0) is 11.3 Å². The molecule has 0 saturated heterocycles. The fourth-order valence-electron chi connectivity index (χ4n) is 3.23. The molecule has 4 rings (SSSR count). The summed E-state index contributed by atoms with van der Waals surface area (Å²) in [7, 11) is 0.